The number of hydrogen-bond donors (Lipinski definition) is 1. The number of carbonyl (C=O) groups is 1. The average molecular weight is 355 g/mol. The summed E-state index contributed by atoms with van der Waals surface area (Å²) in [6, 6.07) is 2.08. The highest BCUT2D eigenvalue weighted by Gasteiger charge is 2.15. The molecule has 0 aliphatic rings. The molecular formula is C18H30N2O3S. The van der Waals surface area contributed by atoms with Gasteiger partial charge in [-0.05, 0) is 52.4 Å². The zero-order chi connectivity index (χ0) is 18.0. The molecule has 1 amide bonds. The van der Waals surface area contributed by atoms with Crippen LogP contribution in [0.15, 0.2) is 23.8 Å². The van der Waals surface area contributed by atoms with Gasteiger partial charge in [-0.15, -0.1) is 11.3 Å². The van der Waals surface area contributed by atoms with Crippen LogP contribution in [-0.2, 0) is 11.3 Å². The Morgan fingerprint density at radius 3 is 2.67 bits per heavy atom. The molecule has 6 heteroatoms. The van der Waals surface area contributed by atoms with E-state index in [-0.39, 0.29) is 0 Å². The number of rotatable bonds is 9. The minimum Gasteiger partial charge on any atom is -0.464 e. The Kier molecular flexibility index (Phi) is 8.85. The second-order valence-corrected chi connectivity index (χ2v) is 7.41. The minimum absolute atomic E-state index is 0.393. The molecule has 0 aliphatic heterocycles. The van der Waals surface area contributed by atoms with Gasteiger partial charge < -0.3 is 14.8 Å². The van der Waals surface area contributed by atoms with Crippen LogP contribution in [0.2, 0.25) is 0 Å². The molecule has 0 atom stereocenters. The third-order valence-electron chi connectivity index (χ3n) is 3.18. The third-order valence-corrected chi connectivity index (χ3v) is 4.08. The van der Waals surface area contributed by atoms with Gasteiger partial charge in [0.2, 0.25) is 0 Å². The van der Waals surface area contributed by atoms with Crippen LogP contribution in [0.4, 0.5) is 4.79 Å². The highest BCUT2D eigenvalue weighted by molar-refractivity contribution is 7.10. The van der Waals surface area contributed by atoms with Crippen LogP contribution >= 0.6 is 11.3 Å². The van der Waals surface area contributed by atoms with Crippen molar-refractivity contribution in [3.8, 4) is 5.75 Å². The predicted molar refractivity (Wildman–Crippen MR) is 99.6 cm³/mol. The van der Waals surface area contributed by atoms with Crippen LogP contribution in [0.1, 0.15) is 45.9 Å². The van der Waals surface area contributed by atoms with E-state index in [1.54, 1.807) is 17.6 Å². The maximum absolute atomic E-state index is 11.5. The van der Waals surface area contributed by atoms with Gasteiger partial charge in [-0.1, -0.05) is 13.8 Å². The van der Waals surface area contributed by atoms with Crippen molar-refractivity contribution in [1.29, 1.82) is 0 Å². The molecule has 0 saturated carbocycles. The van der Waals surface area contributed by atoms with Gasteiger partial charge in [0, 0.05) is 23.3 Å². The first-order valence-corrected chi connectivity index (χ1v) is 9.30. The molecule has 0 aromatic carbocycles. The lowest BCUT2D eigenvalue weighted by atomic mass is 10.2. The van der Waals surface area contributed by atoms with Crippen LogP contribution in [0.5, 0.6) is 5.75 Å². The smallest absolute Gasteiger partial charge is 0.407 e. The normalized spacial score (nSPS) is 11.9. The average Bonchev–Trinajstić information content (AvgIpc) is 2.94. The molecule has 136 valence electrons. The molecular weight excluding hydrogens is 324 g/mol. The summed E-state index contributed by atoms with van der Waals surface area (Å²) >= 11 is 1.71. The minimum atomic E-state index is -0.467. The molecule has 1 rings (SSSR count). The lowest BCUT2D eigenvalue weighted by Gasteiger charge is -2.19. The molecule has 1 aromatic heterocycles. The topological polar surface area (TPSA) is 50.8 Å². The fraction of sp³-hybridized carbons (Fsp3) is 0.611. The maximum Gasteiger partial charge on any atom is 0.407 e. The Morgan fingerprint density at radius 2 is 2.04 bits per heavy atom. The van der Waals surface area contributed by atoms with Crippen molar-refractivity contribution in [2.75, 3.05) is 19.6 Å². The van der Waals surface area contributed by atoms with Crippen LogP contribution in [-0.4, -0.2) is 36.2 Å². The van der Waals surface area contributed by atoms with E-state index >= 15 is 0 Å². The third kappa shape index (κ3) is 8.93. The first kappa shape index (κ1) is 20.5. The summed E-state index contributed by atoms with van der Waals surface area (Å²) in [5.41, 5.74) is -0.467. The first-order valence-electron chi connectivity index (χ1n) is 8.42. The first-order chi connectivity index (χ1) is 11.3. The van der Waals surface area contributed by atoms with E-state index in [4.69, 9.17) is 9.47 Å². The highest BCUT2D eigenvalue weighted by Crippen LogP contribution is 2.23. The lowest BCUT2D eigenvalue weighted by Crippen LogP contribution is -2.32. The Labute approximate surface area is 149 Å². The van der Waals surface area contributed by atoms with Gasteiger partial charge in [-0.2, -0.15) is 0 Å². The van der Waals surface area contributed by atoms with Gasteiger partial charge in [0.25, 0.3) is 0 Å². The van der Waals surface area contributed by atoms with Crippen molar-refractivity contribution in [3.63, 3.8) is 0 Å². The molecule has 1 N–H and O–H groups in total. The van der Waals surface area contributed by atoms with Gasteiger partial charge in [0.05, 0.1) is 6.26 Å². The number of amides is 1. The van der Waals surface area contributed by atoms with E-state index in [0.717, 1.165) is 25.4 Å². The zero-order valence-electron chi connectivity index (χ0n) is 15.4. The van der Waals surface area contributed by atoms with Crippen LogP contribution < -0.4 is 10.1 Å². The van der Waals surface area contributed by atoms with E-state index in [2.05, 4.69) is 30.1 Å². The van der Waals surface area contributed by atoms with E-state index in [0.29, 0.717) is 13.0 Å². The van der Waals surface area contributed by atoms with E-state index in [1.807, 2.05) is 32.2 Å². The van der Waals surface area contributed by atoms with Crippen molar-refractivity contribution < 1.29 is 14.3 Å². The molecule has 0 saturated heterocycles. The summed E-state index contributed by atoms with van der Waals surface area (Å²) in [6.07, 6.45) is 3.85. The second kappa shape index (κ2) is 10.4. The molecule has 0 spiro atoms. The van der Waals surface area contributed by atoms with Gasteiger partial charge in [0.15, 0.2) is 0 Å². The molecule has 0 bridgehead atoms. The van der Waals surface area contributed by atoms with Crippen molar-refractivity contribution in [2.45, 2.75) is 53.2 Å². The Hall–Kier alpha value is -1.53. The molecule has 0 radical (unpaired) electrons. The van der Waals surface area contributed by atoms with E-state index < -0.39 is 11.7 Å². The SMILES string of the molecule is CCN(CC)Cc1cc(O/C=C\CCNC(=O)OC(C)(C)C)cs1. The second-order valence-electron chi connectivity index (χ2n) is 6.42. The summed E-state index contributed by atoms with van der Waals surface area (Å²) in [4.78, 5) is 15.1. The standard InChI is InChI=1S/C18H30N2O3S/c1-6-20(7-2)13-16-12-15(14-24-16)22-11-9-8-10-19-17(21)23-18(3,4)5/h9,11-12,14H,6-8,10,13H2,1-5H3,(H,19,21)/b11-9-. The predicted octanol–water partition coefficient (Wildman–Crippen LogP) is 4.40. The number of hydrogen-bond acceptors (Lipinski definition) is 5. The number of nitrogens with one attached hydrogen (secondary N) is 1. The monoisotopic (exact) mass is 354 g/mol. The summed E-state index contributed by atoms with van der Waals surface area (Å²) in [6.45, 7) is 13.5. The van der Waals surface area contributed by atoms with Crippen LogP contribution in [0, 0.1) is 0 Å². The molecule has 1 heterocycles. The van der Waals surface area contributed by atoms with Crippen molar-refractivity contribution in [2.24, 2.45) is 0 Å². The largest absolute Gasteiger partial charge is 0.464 e. The summed E-state index contributed by atoms with van der Waals surface area (Å²) in [7, 11) is 0. The lowest BCUT2D eigenvalue weighted by molar-refractivity contribution is 0.0529. The Balaban J connectivity index is 2.23. The van der Waals surface area contributed by atoms with Gasteiger partial charge in [-0.3, -0.25) is 4.90 Å². The fourth-order valence-electron chi connectivity index (χ4n) is 1.94. The van der Waals surface area contributed by atoms with Crippen molar-refractivity contribution in [3.05, 3.63) is 28.7 Å². The number of nitrogens with zero attached hydrogens (tertiary/aromatic N) is 1. The van der Waals surface area contributed by atoms with Gasteiger partial charge in [0.1, 0.15) is 11.4 Å². The number of ether oxygens (including phenoxy) is 2. The van der Waals surface area contributed by atoms with Gasteiger partial charge in [-0.25, -0.2) is 4.79 Å². The fourth-order valence-corrected chi connectivity index (χ4v) is 2.77. The van der Waals surface area contributed by atoms with Gasteiger partial charge >= 0.3 is 6.09 Å². The van der Waals surface area contributed by atoms with Crippen LogP contribution in [0.3, 0.4) is 0 Å². The summed E-state index contributed by atoms with van der Waals surface area (Å²) < 4.78 is 10.7. The number of alkyl carbamates (subject to hydrolysis) is 1. The van der Waals surface area contributed by atoms with Crippen molar-refractivity contribution >= 4 is 17.4 Å². The summed E-state index contributed by atoms with van der Waals surface area (Å²) in [5, 5.41) is 4.72. The molecule has 24 heavy (non-hydrogen) atoms. The van der Waals surface area contributed by atoms with Crippen LogP contribution in [0.25, 0.3) is 0 Å². The quantitative estimate of drug-likeness (QED) is 0.527. The molecule has 0 aliphatic carbocycles. The summed E-state index contributed by atoms with van der Waals surface area (Å²) in [5.74, 6) is 0.860. The number of carbonyl (C=O) groups excluding carboxylic acids is 1. The zero-order valence-corrected chi connectivity index (χ0v) is 16.2. The molecule has 1 aromatic rings. The van der Waals surface area contributed by atoms with E-state index in [9.17, 15) is 4.79 Å². The highest BCUT2D eigenvalue weighted by atomic mass is 32.1. The Morgan fingerprint density at radius 1 is 1.33 bits per heavy atom. The maximum atomic E-state index is 11.5. The molecule has 0 fully saturated rings. The number of thiophene rings is 1. The Bertz CT molecular complexity index is 517. The molecule has 5 nitrogen and oxygen atoms in total. The van der Waals surface area contributed by atoms with E-state index in [1.165, 1.54) is 4.88 Å². The van der Waals surface area contributed by atoms with Crippen molar-refractivity contribution in [1.82, 2.24) is 10.2 Å². The molecule has 0 unspecified atom stereocenters.